The van der Waals surface area contributed by atoms with Crippen molar-refractivity contribution < 1.29 is 9.90 Å². The van der Waals surface area contributed by atoms with E-state index in [4.69, 9.17) is 4.98 Å². The number of anilines is 2. The van der Waals surface area contributed by atoms with Crippen molar-refractivity contribution in [2.24, 2.45) is 11.3 Å². The Kier molecular flexibility index (Phi) is 5.17. The number of amides is 1. The number of allylic oxidation sites excluding steroid dienone is 1. The van der Waals surface area contributed by atoms with Crippen molar-refractivity contribution >= 4 is 29.3 Å². The quantitative estimate of drug-likeness (QED) is 0.488. The molecule has 2 aromatic rings. The van der Waals surface area contributed by atoms with Crippen molar-refractivity contribution in [1.29, 1.82) is 0 Å². The fraction of sp³-hybridized carbons (Fsp3) is 0.522. The summed E-state index contributed by atoms with van der Waals surface area (Å²) in [5, 5.41) is 24.2. The van der Waals surface area contributed by atoms with Crippen molar-refractivity contribution in [2.75, 3.05) is 30.3 Å². The second-order valence-electron chi connectivity index (χ2n) is 9.31. The summed E-state index contributed by atoms with van der Waals surface area (Å²) in [4.78, 5) is 17.0. The monoisotopic (exact) mass is 422 g/mol. The molecule has 1 amide bonds. The molecule has 0 radical (unpaired) electrons. The van der Waals surface area contributed by atoms with Gasteiger partial charge >= 0.3 is 0 Å². The van der Waals surface area contributed by atoms with E-state index in [1.54, 1.807) is 10.7 Å². The zero-order chi connectivity index (χ0) is 21.4. The third-order valence-electron chi connectivity index (χ3n) is 6.73. The molecular weight excluding hydrogens is 392 g/mol. The Morgan fingerprint density at radius 3 is 2.81 bits per heavy atom. The van der Waals surface area contributed by atoms with Gasteiger partial charge in [-0.25, -0.2) is 4.98 Å². The molecule has 2 aromatic heterocycles. The van der Waals surface area contributed by atoms with Gasteiger partial charge in [-0.3, -0.25) is 4.79 Å². The second-order valence-corrected chi connectivity index (χ2v) is 9.31. The van der Waals surface area contributed by atoms with Crippen molar-refractivity contribution in [3.8, 4) is 0 Å². The van der Waals surface area contributed by atoms with Crippen molar-refractivity contribution in [3.63, 3.8) is 0 Å². The minimum absolute atomic E-state index is 0.0667. The molecule has 5 rings (SSSR count). The zero-order valence-electron chi connectivity index (χ0n) is 17.8. The van der Waals surface area contributed by atoms with Gasteiger partial charge in [-0.05, 0) is 37.7 Å². The number of carbonyl (C=O) groups is 1. The van der Waals surface area contributed by atoms with Crippen LogP contribution in [0.4, 0.5) is 11.6 Å². The van der Waals surface area contributed by atoms with Gasteiger partial charge in [0.1, 0.15) is 11.6 Å². The largest absolute Gasteiger partial charge is 0.396 e. The number of fused-ring (bicyclic) bond motifs is 1. The maximum Gasteiger partial charge on any atom is 0.251 e. The summed E-state index contributed by atoms with van der Waals surface area (Å²) < 4.78 is 1.80. The Labute approximate surface area is 181 Å². The Balaban J connectivity index is 1.47. The SMILES string of the molecule is C=C1C/C(=C\c2cnn3c(NCC4CC4)cc(NCC4(CO)CCCC4)nc23)C(=O)N1. The van der Waals surface area contributed by atoms with Gasteiger partial charge in [-0.1, -0.05) is 19.4 Å². The van der Waals surface area contributed by atoms with E-state index in [-0.39, 0.29) is 17.9 Å². The Bertz CT molecular complexity index is 1050. The molecule has 1 aliphatic heterocycles. The van der Waals surface area contributed by atoms with E-state index in [0.29, 0.717) is 29.9 Å². The van der Waals surface area contributed by atoms with E-state index in [0.717, 1.165) is 55.3 Å². The third-order valence-corrected chi connectivity index (χ3v) is 6.73. The molecule has 0 aromatic carbocycles. The number of hydrogen-bond donors (Lipinski definition) is 4. The molecule has 0 unspecified atom stereocenters. The molecule has 3 heterocycles. The predicted octanol–water partition coefficient (Wildman–Crippen LogP) is 2.93. The molecule has 0 atom stereocenters. The number of nitrogens with zero attached hydrogens (tertiary/aromatic N) is 3. The third kappa shape index (κ3) is 4.17. The fourth-order valence-corrected chi connectivity index (χ4v) is 4.56. The van der Waals surface area contributed by atoms with E-state index in [2.05, 4.69) is 27.6 Å². The van der Waals surface area contributed by atoms with Crippen LogP contribution in [0.1, 0.15) is 50.5 Å². The second kappa shape index (κ2) is 8.00. The number of aliphatic hydroxyl groups excluding tert-OH is 1. The van der Waals surface area contributed by atoms with E-state index in [1.807, 2.05) is 12.1 Å². The first-order valence-electron chi connectivity index (χ1n) is 11.2. The molecule has 8 heteroatoms. The molecule has 31 heavy (non-hydrogen) atoms. The Morgan fingerprint density at radius 1 is 1.32 bits per heavy atom. The first-order chi connectivity index (χ1) is 15.0. The molecular formula is C23H30N6O2. The highest BCUT2D eigenvalue weighted by Gasteiger charge is 2.33. The molecule has 3 fully saturated rings. The molecule has 8 nitrogen and oxygen atoms in total. The average Bonchev–Trinajstić information content (AvgIpc) is 3.17. The molecule has 1 saturated heterocycles. The van der Waals surface area contributed by atoms with Crippen LogP contribution in [0.15, 0.2) is 30.1 Å². The minimum atomic E-state index is -0.114. The summed E-state index contributed by atoms with van der Waals surface area (Å²) in [6, 6.07) is 1.99. The highest BCUT2D eigenvalue weighted by molar-refractivity contribution is 6.02. The van der Waals surface area contributed by atoms with Gasteiger partial charge in [-0.15, -0.1) is 0 Å². The van der Waals surface area contributed by atoms with Crippen LogP contribution in [-0.2, 0) is 4.79 Å². The van der Waals surface area contributed by atoms with Crippen LogP contribution in [0.3, 0.4) is 0 Å². The molecule has 4 N–H and O–H groups in total. The van der Waals surface area contributed by atoms with E-state index >= 15 is 0 Å². The lowest BCUT2D eigenvalue weighted by molar-refractivity contribution is -0.115. The summed E-state index contributed by atoms with van der Waals surface area (Å²) in [5.41, 5.74) is 2.81. The highest BCUT2D eigenvalue weighted by atomic mass is 16.3. The fourth-order valence-electron chi connectivity index (χ4n) is 4.56. The maximum atomic E-state index is 12.1. The van der Waals surface area contributed by atoms with Gasteiger partial charge in [-0.2, -0.15) is 9.61 Å². The first kappa shape index (κ1) is 20.1. The molecule has 2 aliphatic carbocycles. The van der Waals surface area contributed by atoms with E-state index in [1.165, 1.54) is 12.8 Å². The van der Waals surface area contributed by atoms with Crippen LogP contribution < -0.4 is 16.0 Å². The van der Waals surface area contributed by atoms with Crippen LogP contribution in [-0.4, -0.2) is 45.3 Å². The number of nitrogens with one attached hydrogen (secondary N) is 3. The van der Waals surface area contributed by atoms with Gasteiger partial charge in [0.05, 0.1) is 12.8 Å². The molecule has 2 saturated carbocycles. The van der Waals surface area contributed by atoms with Crippen LogP contribution in [0.2, 0.25) is 0 Å². The molecule has 0 bridgehead atoms. The van der Waals surface area contributed by atoms with Crippen LogP contribution in [0.25, 0.3) is 11.7 Å². The predicted molar refractivity (Wildman–Crippen MR) is 121 cm³/mol. The lowest BCUT2D eigenvalue weighted by atomic mass is 9.87. The number of rotatable bonds is 8. The molecule has 3 aliphatic rings. The lowest BCUT2D eigenvalue weighted by Gasteiger charge is -2.27. The minimum Gasteiger partial charge on any atom is -0.396 e. The van der Waals surface area contributed by atoms with Crippen molar-refractivity contribution in [3.05, 3.63) is 35.7 Å². The maximum absolute atomic E-state index is 12.1. The molecule has 0 spiro atoms. The van der Waals surface area contributed by atoms with Gasteiger partial charge in [0.15, 0.2) is 5.65 Å². The number of aromatic nitrogens is 3. The van der Waals surface area contributed by atoms with Crippen molar-refractivity contribution in [1.82, 2.24) is 19.9 Å². The van der Waals surface area contributed by atoms with Gasteiger partial charge in [0.2, 0.25) is 0 Å². The summed E-state index contributed by atoms with van der Waals surface area (Å²) >= 11 is 0. The van der Waals surface area contributed by atoms with E-state index in [9.17, 15) is 9.90 Å². The zero-order valence-corrected chi connectivity index (χ0v) is 17.8. The first-order valence-corrected chi connectivity index (χ1v) is 11.2. The average molecular weight is 423 g/mol. The van der Waals surface area contributed by atoms with Crippen LogP contribution in [0, 0.1) is 11.3 Å². The number of carbonyl (C=O) groups excluding carboxylic acids is 1. The van der Waals surface area contributed by atoms with Gasteiger partial charge in [0.25, 0.3) is 5.91 Å². The lowest BCUT2D eigenvalue weighted by Crippen LogP contribution is -2.30. The summed E-state index contributed by atoms with van der Waals surface area (Å²) in [7, 11) is 0. The Morgan fingerprint density at radius 2 is 2.13 bits per heavy atom. The van der Waals surface area contributed by atoms with Gasteiger partial charge < -0.3 is 21.1 Å². The van der Waals surface area contributed by atoms with Crippen LogP contribution in [0.5, 0.6) is 0 Å². The van der Waals surface area contributed by atoms with E-state index < -0.39 is 0 Å². The van der Waals surface area contributed by atoms with Crippen LogP contribution >= 0.6 is 0 Å². The summed E-state index contributed by atoms with van der Waals surface area (Å²) in [6.45, 7) is 5.65. The van der Waals surface area contributed by atoms with Crippen molar-refractivity contribution in [2.45, 2.75) is 44.9 Å². The summed E-state index contributed by atoms with van der Waals surface area (Å²) in [5.74, 6) is 2.25. The number of hydrogen-bond acceptors (Lipinski definition) is 6. The highest BCUT2D eigenvalue weighted by Crippen LogP contribution is 2.38. The summed E-state index contributed by atoms with van der Waals surface area (Å²) in [6.07, 6.45) is 11.0. The standard InChI is InChI=1S/C23H30N6O2/c1-15-8-17(22(31)27-15)9-18-12-26-29-20(24-11-16-4-5-16)10-19(28-21(18)29)25-13-23(14-30)6-2-3-7-23/h9-10,12,16,24,30H,1-8,11,13-14H2,(H,25,28)(H,27,31)/b17-9+. The molecule has 164 valence electrons. The smallest absolute Gasteiger partial charge is 0.251 e. The normalized spacial score (nSPS) is 21.8. The number of aliphatic hydroxyl groups is 1. The van der Waals surface area contributed by atoms with Gasteiger partial charge in [0, 0.05) is 47.8 Å². The topological polar surface area (TPSA) is 104 Å². The Hall–Kier alpha value is -2.87.